The van der Waals surface area contributed by atoms with E-state index in [1.54, 1.807) is 7.05 Å². The summed E-state index contributed by atoms with van der Waals surface area (Å²) in [7, 11) is 1.55. The molecule has 4 nitrogen and oxygen atoms in total. The Labute approximate surface area is 99.5 Å². The number of amides is 1. The number of aromatic nitrogens is 1. The Balaban J connectivity index is 2.14. The lowest BCUT2D eigenvalue weighted by atomic mass is 10.1. The van der Waals surface area contributed by atoms with Crippen LogP contribution in [0.3, 0.4) is 0 Å². The third kappa shape index (κ3) is 2.66. The van der Waals surface area contributed by atoms with Crippen molar-refractivity contribution < 1.29 is 9.90 Å². The van der Waals surface area contributed by atoms with Gasteiger partial charge in [-0.15, -0.1) is 0 Å². The molecule has 1 amide bonds. The minimum Gasteiger partial charge on any atom is -0.465 e. The molecule has 0 fully saturated rings. The van der Waals surface area contributed by atoms with Gasteiger partial charge in [-0.1, -0.05) is 30.3 Å². The Bertz CT molecular complexity index is 505. The first kappa shape index (κ1) is 11.3. The summed E-state index contributed by atoms with van der Waals surface area (Å²) in [5, 5.41) is 8.78. The number of rotatable bonds is 3. The summed E-state index contributed by atoms with van der Waals surface area (Å²) in [6.45, 7) is 0.388. The van der Waals surface area contributed by atoms with Crippen LogP contribution in [0.25, 0.3) is 11.3 Å². The molecule has 0 saturated heterocycles. The smallest absolute Gasteiger partial charge is 0.407 e. The number of carboxylic acid groups (broad SMARTS) is 1. The van der Waals surface area contributed by atoms with Crippen molar-refractivity contribution in [3.8, 4) is 11.3 Å². The molecular weight excluding hydrogens is 216 g/mol. The lowest BCUT2D eigenvalue weighted by Gasteiger charge is -2.10. The molecule has 0 bridgehead atoms. The lowest BCUT2D eigenvalue weighted by molar-refractivity contribution is 0.154. The van der Waals surface area contributed by atoms with Crippen molar-refractivity contribution in [3.05, 3.63) is 48.2 Å². The van der Waals surface area contributed by atoms with E-state index < -0.39 is 6.09 Å². The molecule has 0 saturated carbocycles. The number of nitrogens with one attached hydrogen (secondary N) is 1. The molecule has 0 aliphatic rings. The number of benzene rings is 1. The van der Waals surface area contributed by atoms with Gasteiger partial charge in [-0.3, -0.25) is 0 Å². The molecule has 0 atom stereocenters. The molecule has 0 radical (unpaired) electrons. The second-order valence-electron chi connectivity index (χ2n) is 3.93. The van der Waals surface area contributed by atoms with Crippen LogP contribution >= 0.6 is 0 Å². The summed E-state index contributed by atoms with van der Waals surface area (Å²) in [4.78, 5) is 15.1. The zero-order valence-corrected chi connectivity index (χ0v) is 9.55. The van der Waals surface area contributed by atoms with Crippen LogP contribution in [0.5, 0.6) is 0 Å². The van der Waals surface area contributed by atoms with Gasteiger partial charge in [0.2, 0.25) is 0 Å². The van der Waals surface area contributed by atoms with Gasteiger partial charge in [0.05, 0.1) is 6.54 Å². The van der Waals surface area contributed by atoms with Gasteiger partial charge in [0.15, 0.2) is 0 Å². The molecule has 1 aromatic heterocycles. The lowest BCUT2D eigenvalue weighted by Crippen LogP contribution is -2.23. The molecule has 1 aromatic carbocycles. The maximum Gasteiger partial charge on any atom is 0.407 e. The van der Waals surface area contributed by atoms with E-state index >= 15 is 0 Å². The van der Waals surface area contributed by atoms with Crippen molar-refractivity contribution in [2.24, 2.45) is 0 Å². The Morgan fingerprint density at radius 1 is 1.35 bits per heavy atom. The van der Waals surface area contributed by atoms with Crippen molar-refractivity contribution in [3.63, 3.8) is 0 Å². The minimum atomic E-state index is -0.924. The van der Waals surface area contributed by atoms with E-state index in [1.807, 2.05) is 42.6 Å². The summed E-state index contributed by atoms with van der Waals surface area (Å²) in [6, 6.07) is 11.9. The van der Waals surface area contributed by atoms with Crippen LogP contribution in [0.1, 0.15) is 5.56 Å². The van der Waals surface area contributed by atoms with Crippen LogP contribution in [0.15, 0.2) is 42.6 Å². The van der Waals surface area contributed by atoms with Gasteiger partial charge in [-0.05, 0) is 17.2 Å². The summed E-state index contributed by atoms with van der Waals surface area (Å²) in [5.74, 6) is 0. The number of hydrogen-bond acceptors (Lipinski definition) is 1. The Hall–Kier alpha value is -2.23. The summed E-state index contributed by atoms with van der Waals surface area (Å²) in [5.41, 5.74) is 3.05. The van der Waals surface area contributed by atoms with Gasteiger partial charge in [0.25, 0.3) is 0 Å². The van der Waals surface area contributed by atoms with E-state index in [1.165, 1.54) is 4.90 Å². The fourth-order valence-electron chi connectivity index (χ4n) is 1.66. The van der Waals surface area contributed by atoms with Crippen molar-refractivity contribution in [2.45, 2.75) is 6.54 Å². The highest BCUT2D eigenvalue weighted by atomic mass is 16.4. The third-order valence-electron chi connectivity index (χ3n) is 2.57. The van der Waals surface area contributed by atoms with Crippen molar-refractivity contribution in [1.82, 2.24) is 9.88 Å². The first-order chi connectivity index (χ1) is 8.16. The van der Waals surface area contributed by atoms with Crippen LogP contribution < -0.4 is 0 Å². The maximum absolute atomic E-state index is 10.7. The second-order valence-corrected chi connectivity index (χ2v) is 3.93. The standard InChI is InChI=1S/C13H14N2O2/c1-15(13(16)17)9-10-7-12(14-8-10)11-5-3-2-4-6-11/h2-8,14H,9H2,1H3,(H,16,17). The fraction of sp³-hybridized carbons (Fsp3) is 0.154. The van der Waals surface area contributed by atoms with Crippen LogP contribution in [0.2, 0.25) is 0 Å². The number of hydrogen-bond donors (Lipinski definition) is 2. The summed E-state index contributed by atoms with van der Waals surface area (Å²) in [6.07, 6.45) is 0.911. The van der Waals surface area contributed by atoms with E-state index in [0.29, 0.717) is 6.54 Å². The highest BCUT2D eigenvalue weighted by Crippen LogP contribution is 2.19. The third-order valence-corrected chi connectivity index (χ3v) is 2.57. The molecule has 4 heteroatoms. The largest absolute Gasteiger partial charge is 0.465 e. The highest BCUT2D eigenvalue weighted by molar-refractivity contribution is 5.65. The van der Waals surface area contributed by atoms with Gasteiger partial charge < -0.3 is 15.0 Å². The normalized spacial score (nSPS) is 10.2. The van der Waals surface area contributed by atoms with Gasteiger partial charge in [0, 0.05) is 18.9 Å². The number of H-pyrrole nitrogens is 1. The van der Waals surface area contributed by atoms with Crippen LogP contribution in [0, 0.1) is 0 Å². The number of aromatic amines is 1. The topological polar surface area (TPSA) is 56.3 Å². The molecule has 2 rings (SSSR count). The monoisotopic (exact) mass is 230 g/mol. The van der Waals surface area contributed by atoms with Crippen LogP contribution in [-0.4, -0.2) is 28.1 Å². The van der Waals surface area contributed by atoms with Crippen molar-refractivity contribution in [1.29, 1.82) is 0 Å². The maximum atomic E-state index is 10.7. The molecule has 88 valence electrons. The first-order valence-electron chi connectivity index (χ1n) is 5.33. The molecule has 1 heterocycles. The molecular formula is C13H14N2O2. The van der Waals surface area contributed by atoms with E-state index in [2.05, 4.69) is 4.98 Å². The molecule has 0 unspecified atom stereocenters. The summed E-state index contributed by atoms with van der Waals surface area (Å²) < 4.78 is 0. The Morgan fingerprint density at radius 3 is 2.71 bits per heavy atom. The SMILES string of the molecule is CN(Cc1c[nH]c(-c2ccccc2)c1)C(=O)O. The highest BCUT2D eigenvalue weighted by Gasteiger charge is 2.08. The van der Waals surface area contributed by atoms with Crippen LogP contribution in [0.4, 0.5) is 4.79 Å². The fourth-order valence-corrected chi connectivity index (χ4v) is 1.66. The molecule has 2 aromatic rings. The second kappa shape index (κ2) is 4.74. The predicted molar refractivity (Wildman–Crippen MR) is 65.7 cm³/mol. The predicted octanol–water partition coefficient (Wildman–Crippen LogP) is 2.79. The molecule has 2 N–H and O–H groups in total. The Morgan fingerprint density at radius 2 is 2.06 bits per heavy atom. The average Bonchev–Trinajstić information content (AvgIpc) is 2.78. The average molecular weight is 230 g/mol. The van der Waals surface area contributed by atoms with Gasteiger partial charge in [-0.25, -0.2) is 4.79 Å². The Kier molecular flexibility index (Phi) is 3.14. The van der Waals surface area contributed by atoms with Gasteiger partial charge >= 0.3 is 6.09 Å². The zero-order valence-electron chi connectivity index (χ0n) is 9.55. The van der Waals surface area contributed by atoms with Crippen molar-refractivity contribution >= 4 is 6.09 Å². The molecule has 0 aliphatic carbocycles. The molecule has 17 heavy (non-hydrogen) atoms. The minimum absolute atomic E-state index is 0.388. The van der Waals surface area contributed by atoms with Crippen LogP contribution in [-0.2, 0) is 6.54 Å². The summed E-state index contributed by atoms with van der Waals surface area (Å²) >= 11 is 0. The van der Waals surface area contributed by atoms with E-state index in [4.69, 9.17) is 5.11 Å². The molecule has 0 aliphatic heterocycles. The number of nitrogens with zero attached hydrogens (tertiary/aromatic N) is 1. The number of carbonyl (C=O) groups is 1. The zero-order chi connectivity index (χ0) is 12.3. The quantitative estimate of drug-likeness (QED) is 0.851. The van der Waals surface area contributed by atoms with E-state index in [0.717, 1.165) is 16.8 Å². The first-order valence-corrected chi connectivity index (χ1v) is 5.33. The molecule has 0 spiro atoms. The van der Waals surface area contributed by atoms with Gasteiger partial charge in [-0.2, -0.15) is 0 Å². The van der Waals surface area contributed by atoms with E-state index in [9.17, 15) is 4.79 Å². The van der Waals surface area contributed by atoms with Gasteiger partial charge in [0.1, 0.15) is 0 Å². The van der Waals surface area contributed by atoms with Crippen molar-refractivity contribution in [2.75, 3.05) is 7.05 Å². The van der Waals surface area contributed by atoms with E-state index in [-0.39, 0.29) is 0 Å².